The summed E-state index contributed by atoms with van der Waals surface area (Å²) in [4.78, 5) is 13.2. The lowest BCUT2D eigenvalue weighted by Crippen LogP contribution is -2.36. The van der Waals surface area contributed by atoms with E-state index in [9.17, 15) is 21.6 Å². The Bertz CT molecular complexity index is 808. The van der Waals surface area contributed by atoms with Crippen LogP contribution in [0.3, 0.4) is 0 Å². The van der Waals surface area contributed by atoms with Crippen LogP contribution in [0.5, 0.6) is 5.75 Å². The summed E-state index contributed by atoms with van der Waals surface area (Å²) in [7, 11) is -6.18. The van der Waals surface area contributed by atoms with Gasteiger partial charge in [0.25, 0.3) is 0 Å². The van der Waals surface area contributed by atoms with Crippen molar-refractivity contribution in [2.24, 2.45) is 4.36 Å². The van der Waals surface area contributed by atoms with E-state index in [1.54, 1.807) is 0 Å². The fourth-order valence-corrected chi connectivity index (χ4v) is 3.38. The van der Waals surface area contributed by atoms with Crippen molar-refractivity contribution >= 4 is 26.4 Å². The van der Waals surface area contributed by atoms with Crippen molar-refractivity contribution < 1.29 is 26.4 Å². The van der Waals surface area contributed by atoms with Crippen molar-refractivity contribution in [3.63, 3.8) is 0 Å². The maximum Gasteiger partial charge on any atom is 0.417 e. The van der Waals surface area contributed by atoms with Gasteiger partial charge >= 0.3 is 16.6 Å². The van der Waals surface area contributed by atoms with Gasteiger partial charge in [0.15, 0.2) is 15.6 Å². The quantitative estimate of drug-likeness (QED) is 0.809. The first kappa shape index (κ1) is 16.4. The summed E-state index contributed by atoms with van der Waals surface area (Å²) >= 11 is 0. The van der Waals surface area contributed by atoms with E-state index in [-0.39, 0.29) is 10.6 Å². The molecule has 0 spiro atoms. The van der Waals surface area contributed by atoms with E-state index in [1.807, 2.05) is 0 Å². The number of amides is 1. The van der Waals surface area contributed by atoms with E-state index in [0.717, 1.165) is 11.2 Å². The largest absolute Gasteiger partial charge is 0.417 e. The van der Waals surface area contributed by atoms with Crippen LogP contribution < -0.4 is 4.74 Å². The van der Waals surface area contributed by atoms with Gasteiger partial charge in [-0.05, 0) is 25.0 Å². The molecule has 120 valence electrons. The first-order chi connectivity index (χ1) is 10.3. The van der Waals surface area contributed by atoms with E-state index in [4.69, 9.17) is 4.74 Å². The highest BCUT2D eigenvalue weighted by molar-refractivity contribution is 7.90. The Morgan fingerprint density at radius 1 is 1.36 bits per heavy atom. The van der Waals surface area contributed by atoms with Gasteiger partial charge in [0.2, 0.25) is 0 Å². The van der Waals surface area contributed by atoms with E-state index >= 15 is 0 Å². The minimum absolute atomic E-state index is 0.0936. The van der Waals surface area contributed by atoms with Gasteiger partial charge in [-0.2, -0.15) is 8.42 Å². The van der Waals surface area contributed by atoms with Gasteiger partial charge in [0, 0.05) is 12.8 Å². The summed E-state index contributed by atoms with van der Waals surface area (Å²) in [5.74, 6) is -0.0936. The summed E-state index contributed by atoms with van der Waals surface area (Å²) < 4.78 is 53.1. The molecule has 1 heterocycles. The zero-order valence-electron chi connectivity index (χ0n) is 11.7. The van der Waals surface area contributed by atoms with Crippen LogP contribution in [0.25, 0.3) is 0 Å². The molecular formula is C12H14N2O6S2. The Morgan fingerprint density at radius 2 is 2.05 bits per heavy atom. The lowest BCUT2D eigenvalue weighted by molar-refractivity contribution is 0.148. The Morgan fingerprint density at radius 3 is 2.68 bits per heavy atom. The van der Waals surface area contributed by atoms with Crippen LogP contribution >= 0.6 is 0 Å². The Balaban J connectivity index is 2.25. The molecule has 1 aliphatic rings. The lowest BCUT2D eigenvalue weighted by atomic mass is 10.3. The molecule has 1 amide bonds. The number of ether oxygens (including phenoxy) is 1. The maximum absolute atomic E-state index is 12.1. The van der Waals surface area contributed by atoms with Gasteiger partial charge in [-0.3, -0.25) is 4.90 Å². The summed E-state index contributed by atoms with van der Waals surface area (Å²) in [6.07, 6.45) is 0.378. The minimum atomic E-state index is -3.55. The molecule has 0 saturated carbocycles. The molecule has 0 aromatic heterocycles. The molecular weight excluding hydrogens is 332 g/mol. The third kappa shape index (κ3) is 3.83. The normalized spacial score (nSPS) is 18.0. The average molecular weight is 346 g/mol. The van der Waals surface area contributed by atoms with Gasteiger partial charge in [-0.25, -0.2) is 13.2 Å². The predicted octanol–water partition coefficient (Wildman–Crippen LogP) is 1.07. The molecule has 1 aliphatic heterocycles. The van der Waals surface area contributed by atoms with Crippen molar-refractivity contribution in [2.75, 3.05) is 12.8 Å². The number of carbonyl (C=O) groups is 1. The number of para-hydroxylation sites is 1. The van der Waals surface area contributed by atoms with E-state index in [2.05, 4.69) is 4.36 Å². The Hall–Kier alpha value is -1.94. The lowest BCUT2D eigenvalue weighted by Gasteiger charge is -2.20. The Labute approximate surface area is 129 Å². The zero-order chi connectivity index (χ0) is 16.3. The van der Waals surface area contributed by atoms with Gasteiger partial charge in [-0.1, -0.05) is 12.1 Å². The molecule has 1 saturated heterocycles. The van der Waals surface area contributed by atoms with Gasteiger partial charge < -0.3 is 4.74 Å². The van der Waals surface area contributed by atoms with Crippen LogP contribution in [0.15, 0.2) is 33.5 Å². The topological polar surface area (TPSA) is 110 Å². The number of carbonyl (C=O) groups excluding carboxylic acids is 1. The van der Waals surface area contributed by atoms with Crippen LogP contribution in [0, 0.1) is 0 Å². The van der Waals surface area contributed by atoms with Crippen LogP contribution in [-0.4, -0.2) is 46.8 Å². The number of rotatable bonds is 3. The predicted molar refractivity (Wildman–Crippen MR) is 76.7 cm³/mol. The number of benzene rings is 1. The van der Waals surface area contributed by atoms with Crippen molar-refractivity contribution in [3.8, 4) is 5.75 Å². The van der Waals surface area contributed by atoms with Crippen LogP contribution in [-0.2, 0) is 20.3 Å². The van der Waals surface area contributed by atoms with E-state index < -0.39 is 32.6 Å². The second-order valence-electron chi connectivity index (χ2n) is 4.73. The number of nitrogens with zero attached hydrogens (tertiary/aromatic N) is 2. The van der Waals surface area contributed by atoms with E-state index in [1.165, 1.54) is 24.3 Å². The SMILES string of the molecule is CS(=O)(=O)c1ccccc1OC(=O)N1CCCC1N=S(=O)=O. The first-order valence-corrected chi connectivity index (χ1v) is 9.29. The van der Waals surface area contributed by atoms with Gasteiger partial charge in [0.1, 0.15) is 11.1 Å². The van der Waals surface area contributed by atoms with Crippen molar-refractivity contribution in [1.82, 2.24) is 4.90 Å². The van der Waals surface area contributed by atoms with Crippen molar-refractivity contribution in [1.29, 1.82) is 0 Å². The van der Waals surface area contributed by atoms with Gasteiger partial charge in [0.05, 0.1) is 0 Å². The first-order valence-electron chi connectivity index (χ1n) is 6.37. The molecule has 2 rings (SSSR count). The number of likely N-dealkylation sites (tertiary alicyclic amines) is 1. The summed E-state index contributed by atoms with van der Waals surface area (Å²) in [5.41, 5.74) is 0. The molecule has 10 heteroatoms. The molecule has 0 aliphatic carbocycles. The second kappa shape index (κ2) is 6.44. The number of hydrogen-bond acceptors (Lipinski definition) is 7. The molecule has 1 aromatic rings. The average Bonchev–Trinajstić information content (AvgIpc) is 2.85. The molecule has 22 heavy (non-hydrogen) atoms. The van der Waals surface area contributed by atoms with Gasteiger partial charge in [-0.15, -0.1) is 4.36 Å². The fraction of sp³-hybridized carbons (Fsp3) is 0.417. The fourth-order valence-electron chi connectivity index (χ4n) is 2.16. The molecule has 0 N–H and O–H groups in total. The van der Waals surface area contributed by atoms with E-state index in [0.29, 0.717) is 19.4 Å². The molecule has 1 aromatic carbocycles. The molecule has 1 unspecified atom stereocenters. The smallest absolute Gasteiger partial charge is 0.409 e. The second-order valence-corrected chi connectivity index (χ2v) is 7.35. The maximum atomic E-state index is 12.1. The Kier molecular flexibility index (Phi) is 4.81. The van der Waals surface area contributed by atoms with Crippen LogP contribution in [0.1, 0.15) is 12.8 Å². The number of hydrogen-bond donors (Lipinski definition) is 0. The molecule has 0 radical (unpaired) electrons. The molecule has 1 atom stereocenters. The third-order valence-electron chi connectivity index (χ3n) is 3.11. The molecule has 8 nitrogen and oxygen atoms in total. The zero-order valence-corrected chi connectivity index (χ0v) is 13.3. The molecule has 0 bridgehead atoms. The highest BCUT2D eigenvalue weighted by Crippen LogP contribution is 2.26. The van der Waals surface area contributed by atoms with Crippen LogP contribution in [0.2, 0.25) is 0 Å². The number of sulfone groups is 1. The van der Waals surface area contributed by atoms with Crippen LogP contribution in [0.4, 0.5) is 4.79 Å². The highest BCUT2D eigenvalue weighted by atomic mass is 32.2. The summed E-state index contributed by atoms with van der Waals surface area (Å²) in [5, 5.41) is 0. The van der Waals surface area contributed by atoms with Crippen molar-refractivity contribution in [2.45, 2.75) is 23.9 Å². The summed E-state index contributed by atoms with van der Waals surface area (Å²) in [6, 6.07) is 5.75. The monoisotopic (exact) mass is 346 g/mol. The highest BCUT2D eigenvalue weighted by Gasteiger charge is 2.31. The minimum Gasteiger partial charge on any atom is -0.409 e. The molecule has 1 fully saturated rings. The third-order valence-corrected chi connectivity index (χ3v) is 4.66. The summed E-state index contributed by atoms with van der Waals surface area (Å²) in [6.45, 7) is 0.297. The standard InChI is InChI=1S/C12H14N2O6S2/c1-22(18,19)10-6-3-2-5-9(10)20-12(15)14-8-4-7-11(14)13-21(16)17/h2-3,5-6,11H,4,7-8H2,1H3. The van der Waals surface area contributed by atoms with Crippen molar-refractivity contribution in [3.05, 3.63) is 24.3 Å².